The van der Waals surface area contributed by atoms with Crippen molar-refractivity contribution in [3.05, 3.63) is 39.7 Å². The molecule has 7 nitrogen and oxygen atoms in total. The third-order valence-corrected chi connectivity index (χ3v) is 6.27. The maximum atomic E-state index is 13.8. The van der Waals surface area contributed by atoms with Gasteiger partial charge >= 0.3 is 5.97 Å². The van der Waals surface area contributed by atoms with Crippen LogP contribution in [0, 0.1) is 39.6 Å². The zero-order chi connectivity index (χ0) is 19.1. The lowest BCUT2D eigenvalue weighted by molar-refractivity contribution is -0.384. The molecule has 4 bridgehead atoms. The minimum Gasteiger partial charge on any atom is -0.452 e. The Kier molecular flexibility index (Phi) is 4.57. The fourth-order valence-electron chi connectivity index (χ4n) is 5.38. The van der Waals surface area contributed by atoms with Crippen LogP contribution in [-0.4, -0.2) is 29.4 Å². The summed E-state index contributed by atoms with van der Waals surface area (Å²) in [5.41, 5.74) is -0.965. The van der Waals surface area contributed by atoms with Gasteiger partial charge in [-0.25, -0.2) is 9.18 Å². The van der Waals surface area contributed by atoms with Crippen LogP contribution in [0.4, 0.5) is 10.1 Å². The number of nitro groups is 1. The van der Waals surface area contributed by atoms with Crippen LogP contribution >= 0.6 is 0 Å². The molecule has 1 amide bonds. The highest BCUT2D eigenvalue weighted by atomic mass is 19.1. The van der Waals surface area contributed by atoms with Gasteiger partial charge in [-0.3, -0.25) is 14.9 Å². The van der Waals surface area contributed by atoms with Crippen LogP contribution < -0.4 is 5.32 Å². The molecule has 27 heavy (non-hydrogen) atoms. The summed E-state index contributed by atoms with van der Waals surface area (Å²) in [6.45, 7) is -0.524. The van der Waals surface area contributed by atoms with E-state index >= 15 is 0 Å². The van der Waals surface area contributed by atoms with Gasteiger partial charge in [0.05, 0.1) is 4.92 Å². The number of non-ortho nitro benzene ring substituents is 1. The quantitative estimate of drug-likeness (QED) is 0.484. The first-order valence-electron chi connectivity index (χ1n) is 9.31. The third-order valence-electron chi connectivity index (χ3n) is 6.27. The standard InChI is InChI=1S/C19H21FN2O5/c20-16-2-1-14(22(25)26)8-15(16)19(24)27-9-17(23)21-18-12-4-10-3-11(6-12)7-13(18)5-10/h1-2,8,10-13,18H,3-7,9H2,(H,21,23). The van der Waals surface area contributed by atoms with Gasteiger partial charge in [-0.1, -0.05) is 0 Å². The molecular formula is C19H21FN2O5. The predicted octanol–water partition coefficient (Wildman–Crippen LogP) is 2.83. The molecule has 1 aromatic carbocycles. The third kappa shape index (κ3) is 3.52. The van der Waals surface area contributed by atoms with Gasteiger partial charge in [0.15, 0.2) is 6.61 Å². The van der Waals surface area contributed by atoms with Gasteiger partial charge in [-0.05, 0) is 61.8 Å². The number of hydrogen-bond acceptors (Lipinski definition) is 5. The van der Waals surface area contributed by atoms with Gasteiger partial charge in [-0.2, -0.15) is 0 Å². The maximum absolute atomic E-state index is 13.8. The molecule has 0 unspecified atom stereocenters. The van der Waals surface area contributed by atoms with Crippen molar-refractivity contribution in [2.75, 3.05) is 6.61 Å². The number of nitro benzene ring substituents is 1. The molecule has 0 saturated heterocycles. The topological polar surface area (TPSA) is 98.5 Å². The van der Waals surface area contributed by atoms with Crippen LogP contribution in [0.15, 0.2) is 18.2 Å². The molecule has 0 aliphatic heterocycles. The van der Waals surface area contributed by atoms with Crippen molar-refractivity contribution >= 4 is 17.6 Å². The molecule has 4 saturated carbocycles. The molecule has 1 aromatic rings. The Labute approximate surface area is 155 Å². The van der Waals surface area contributed by atoms with Crippen molar-refractivity contribution < 1.29 is 23.6 Å². The first kappa shape index (κ1) is 17.9. The Morgan fingerprint density at radius 1 is 1.15 bits per heavy atom. The van der Waals surface area contributed by atoms with E-state index in [1.165, 1.54) is 6.42 Å². The molecule has 4 aliphatic carbocycles. The molecule has 5 rings (SSSR count). The Morgan fingerprint density at radius 3 is 2.37 bits per heavy atom. The molecule has 0 atom stereocenters. The highest BCUT2D eigenvalue weighted by Crippen LogP contribution is 2.53. The second-order valence-corrected chi connectivity index (χ2v) is 8.02. The van der Waals surface area contributed by atoms with Crippen molar-refractivity contribution in [2.24, 2.45) is 23.7 Å². The Balaban J connectivity index is 1.34. The van der Waals surface area contributed by atoms with E-state index in [4.69, 9.17) is 4.74 Å². The van der Waals surface area contributed by atoms with Gasteiger partial charge in [-0.15, -0.1) is 0 Å². The molecule has 0 aromatic heterocycles. The summed E-state index contributed by atoms with van der Waals surface area (Å²) < 4.78 is 18.6. The van der Waals surface area contributed by atoms with Crippen molar-refractivity contribution in [3.63, 3.8) is 0 Å². The highest BCUT2D eigenvalue weighted by molar-refractivity contribution is 5.92. The summed E-state index contributed by atoms with van der Waals surface area (Å²) >= 11 is 0. The summed E-state index contributed by atoms with van der Waals surface area (Å²) in [5.74, 6) is 0.144. The lowest BCUT2D eigenvalue weighted by Crippen LogP contribution is -2.56. The van der Waals surface area contributed by atoms with Crippen LogP contribution in [0.5, 0.6) is 0 Å². The summed E-state index contributed by atoms with van der Waals surface area (Å²) in [7, 11) is 0. The summed E-state index contributed by atoms with van der Waals surface area (Å²) in [6.07, 6.45) is 5.92. The summed E-state index contributed by atoms with van der Waals surface area (Å²) in [6, 6.07) is 2.74. The van der Waals surface area contributed by atoms with E-state index in [-0.39, 0.29) is 6.04 Å². The molecule has 0 heterocycles. The van der Waals surface area contributed by atoms with Gasteiger partial charge in [0.2, 0.25) is 0 Å². The molecular weight excluding hydrogens is 355 g/mol. The van der Waals surface area contributed by atoms with Gasteiger partial charge in [0.25, 0.3) is 11.6 Å². The number of hydrogen-bond donors (Lipinski definition) is 1. The van der Waals surface area contributed by atoms with E-state index in [2.05, 4.69) is 5.32 Å². The molecule has 4 fully saturated rings. The summed E-state index contributed by atoms with van der Waals surface area (Å²) in [5, 5.41) is 13.8. The minimum absolute atomic E-state index is 0.124. The van der Waals surface area contributed by atoms with Gasteiger partial charge in [0.1, 0.15) is 11.4 Å². The number of halogens is 1. The maximum Gasteiger partial charge on any atom is 0.341 e. The fraction of sp³-hybridized carbons (Fsp3) is 0.579. The number of amides is 1. The van der Waals surface area contributed by atoms with Crippen molar-refractivity contribution in [3.8, 4) is 0 Å². The number of esters is 1. The lowest BCUT2D eigenvalue weighted by Gasteiger charge is -2.54. The largest absolute Gasteiger partial charge is 0.452 e. The monoisotopic (exact) mass is 376 g/mol. The average molecular weight is 376 g/mol. The SMILES string of the molecule is O=C(COC(=O)c1cc([N+](=O)[O-])ccc1F)NC1C2CC3CC(C2)CC1C3. The first-order valence-corrected chi connectivity index (χ1v) is 9.31. The van der Waals surface area contributed by atoms with E-state index in [0.717, 1.165) is 55.7 Å². The first-order chi connectivity index (χ1) is 12.9. The van der Waals surface area contributed by atoms with E-state index in [1.54, 1.807) is 0 Å². The number of benzene rings is 1. The predicted molar refractivity (Wildman–Crippen MR) is 92.3 cm³/mol. The van der Waals surface area contributed by atoms with E-state index < -0.39 is 40.5 Å². The van der Waals surface area contributed by atoms with Gasteiger partial charge in [0, 0.05) is 18.2 Å². The molecule has 1 N–H and O–H groups in total. The van der Waals surface area contributed by atoms with Crippen LogP contribution in [0.2, 0.25) is 0 Å². The zero-order valence-corrected chi connectivity index (χ0v) is 14.7. The zero-order valence-electron chi connectivity index (χ0n) is 14.7. The average Bonchev–Trinajstić information content (AvgIpc) is 2.62. The highest BCUT2D eigenvalue weighted by Gasteiger charge is 2.48. The Hall–Kier alpha value is -2.51. The summed E-state index contributed by atoms with van der Waals surface area (Å²) in [4.78, 5) is 34.3. The molecule has 4 aliphatic rings. The number of ether oxygens (including phenoxy) is 1. The number of rotatable bonds is 5. The van der Waals surface area contributed by atoms with E-state index in [0.29, 0.717) is 11.8 Å². The normalized spacial score (nSPS) is 30.8. The lowest BCUT2D eigenvalue weighted by atomic mass is 9.54. The second kappa shape index (κ2) is 6.90. The molecule has 8 heteroatoms. The Bertz CT molecular complexity index is 768. The minimum atomic E-state index is -1.09. The van der Waals surface area contributed by atoms with Crippen LogP contribution in [-0.2, 0) is 9.53 Å². The molecule has 0 radical (unpaired) electrons. The van der Waals surface area contributed by atoms with Crippen LogP contribution in [0.3, 0.4) is 0 Å². The fourth-order valence-corrected chi connectivity index (χ4v) is 5.38. The molecule has 144 valence electrons. The van der Waals surface area contributed by atoms with Crippen molar-refractivity contribution in [1.29, 1.82) is 0 Å². The van der Waals surface area contributed by atoms with E-state index in [1.807, 2.05) is 0 Å². The number of nitrogens with one attached hydrogen (secondary N) is 1. The number of carbonyl (C=O) groups excluding carboxylic acids is 2. The smallest absolute Gasteiger partial charge is 0.341 e. The van der Waals surface area contributed by atoms with Crippen LogP contribution in [0.1, 0.15) is 42.5 Å². The van der Waals surface area contributed by atoms with E-state index in [9.17, 15) is 24.1 Å². The van der Waals surface area contributed by atoms with Gasteiger partial charge < -0.3 is 10.1 Å². The van der Waals surface area contributed by atoms with Crippen molar-refractivity contribution in [1.82, 2.24) is 5.32 Å². The number of carbonyl (C=O) groups is 2. The second-order valence-electron chi connectivity index (χ2n) is 8.02. The molecule has 0 spiro atoms. The Morgan fingerprint density at radius 2 is 1.78 bits per heavy atom. The van der Waals surface area contributed by atoms with Crippen LogP contribution in [0.25, 0.3) is 0 Å². The number of nitrogens with zero attached hydrogens (tertiary/aromatic N) is 1. The van der Waals surface area contributed by atoms with Crippen molar-refractivity contribution in [2.45, 2.75) is 38.1 Å².